The van der Waals surface area contributed by atoms with E-state index in [2.05, 4.69) is 26.1 Å². The van der Waals surface area contributed by atoms with Crippen LogP contribution in [-0.2, 0) is 21.5 Å². The van der Waals surface area contributed by atoms with Crippen molar-refractivity contribution in [1.82, 2.24) is 15.1 Å². The van der Waals surface area contributed by atoms with Gasteiger partial charge in [-0.2, -0.15) is 5.10 Å². The van der Waals surface area contributed by atoms with Crippen LogP contribution in [-0.4, -0.2) is 41.0 Å². The number of hydrogen-bond donors (Lipinski definition) is 1. The van der Waals surface area contributed by atoms with Crippen molar-refractivity contribution in [2.45, 2.75) is 38.0 Å². The van der Waals surface area contributed by atoms with Crippen molar-refractivity contribution in [2.24, 2.45) is 0 Å². The summed E-state index contributed by atoms with van der Waals surface area (Å²) in [6.45, 7) is 6.33. The maximum atomic E-state index is 13.8. The fraction of sp³-hybridized carbons (Fsp3) is 0.300. The third-order valence-electron chi connectivity index (χ3n) is 6.65. The number of benzene rings is 2. The molecule has 0 spiro atoms. The Kier molecular flexibility index (Phi) is 7.96. The SMILES string of the molecule is COc1ccc(-n2nc(C(C)(C)C)c3c2N(CC(=O)NCc2ccco2)C(=O)CS[C@@H]3c2ccccc2Cl)cc1. The molecule has 0 saturated heterocycles. The summed E-state index contributed by atoms with van der Waals surface area (Å²) in [6, 6.07) is 18.7. The molecule has 2 amide bonds. The minimum atomic E-state index is -0.373. The van der Waals surface area contributed by atoms with Crippen molar-refractivity contribution in [3.63, 3.8) is 0 Å². The van der Waals surface area contributed by atoms with Crippen LogP contribution < -0.4 is 15.0 Å². The molecule has 0 fully saturated rings. The van der Waals surface area contributed by atoms with Crippen LogP contribution in [0.3, 0.4) is 0 Å². The lowest BCUT2D eigenvalue weighted by Gasteiger charge is -2.25. The number of carbonyl (C=O) groups excluding carboxylic acids is 2. The summed E-state index contributed by atoms with van der Waals surface area (Å²) in [5.74, 6) is 1.56. The molecule has 1 atom stereocenters. The number of anilines is 1. The number of hydrogen-bond acceptors (Lipinski definition) is 6. The molecule has 2 aromatic carbocycles. The Hall–Kier alpha value is -3.69. The number of nitrogens with one attached hydrogen (secondary N) is 1. The number of carbonyl (C=O) groups is 2. The first-order chi connectivity index (χ1) is 19.2. The van der Waals surface area contributed by atoms with E-state index in [4.69, 9.17) is 25.9 Å². The first-order valence-electron chi connectivity index (χ1n) is 12.9. The van der Waals surface area contributed by atoms with Gasteiger partial charge in [0.1, 0.15) is 23.9 Å². The molecule has 40 heavy (non-hydrogen) atoms. The Morgan fingerprint density at radius 1 is 1.15 bits per heavy atom. The lowest BCUT2D eigenvalue weighted by molar-refractivity contribution is -0.123. The van der Waals surface area contributed by atoms with E-state index in [1.165, 1.54) is 11.8 Å². The topological polar surface area (TPSA) is 89.6 Å². The Labute approximate surface area is 242 Å². The molecular formula is C30H31ClN4O4S. The van der Waals surface area contributed by atoms with Crippen molar-refractivity contribution in [2.75, 3.05) is 24.3 Å². The summed E-state index contributed by atoms with van der Waals surface area (Å²) in [4.78, 5) is 28.5. The molecule has 10 heteroatoms. The van der Waals surface area contributed by atoms with E-state index < -0.39 is 0 Å². The van der Waals surface area contributed by atoms with Gasteiger partial charge in [-0.3, -0.25) is 14.5 Å². The van der Waals surface area contributed by atoms with E-state index in [0.29, 0.717) is 22.4 Å². The zero-order chi connectivity index (χ0) is 28.4. The molecule has 0 saturated carbocycles. The second-order valence-electron chi connectivity index (χ2n) is 10.5. The van der Waals surface area contributed by atoms with Crippen molar-refractivity contribution >= 4 is 41.0 Å². The minimum Gasteiger partial charge on any atom is -0.497 e. The number of rotatable bonds is 7. The Morgan fingerprint density at radius 2 is 1.90 bits per heavy atom. The molecule has 5 rings (SSSR count). The molecule has 4 aromatic rings. The molecule has 1 N–H and O–H groups in total. The number of amides is 2. The van der Waals surface area contributed by atoms with Gasteiger partial charge in [0.05, 0.1) is 42.3 Å². The molecular weight excluding hydrogens is 548 g/mol. The van der Waals surface area contributed by atoms with Gasteiger partial charge in [-0.25, -0.2) is 4.68 Å². The molecule has 8 nitrogen and oxygen atoms in total. The van der Waals surface area contributed by atoms with Crippen LogP contribution in [0.4, 0.5) is 5.82 Å². The standard InChI is InChI=1S/C30H31ClN4O4S/c1-30(2,3)28-26-27(22-9-5-6-10-23(22)31)40-18-25(37)34(17-24(36)32-16-21-8-7-15-39-21)29(26)35(33-28)19-11-13-20(38-4)14-12-19/h5-15,27H,16-18H2,1-4H3,(H,32,36)/t27-/m1/s1. The lowest BCUT2D eigenvalue weighted by atomic mass is 9.87. The fourth-order valence-corrected chi connectivity index (χ4v) is 6.25. The quantitative estimate of drug-likeness (QED) is 0.293. The highest BCUT2D eigenvalue weighted by atomic mass is 35.5. The van der Waals surface area contributed by atoms with Gasteiger partial charge in [0.2, 0.25) is 11.8 Å². The third-order valence-corrected chi connectivity index (χ3v) is 8.23. The lowest BCUT2D eigenvalue weighted by Crippen LogP contribution is -2.42. The molecule has 1 aliphatic rings. The Bertz CT molecular complexity index is 1510. The van der Waals surface area contributed by atoms with Gasteiger partial charge in [0, 0.05) is 16.0 Å². The summed E-state index contributed by atoms with van der Waals surface area (Å²) in [5.41, 5.74) is 2.96. The first-order valence-corrected chi connectivity index (χ1v) is 14.3. The third kappa shape index (κ3) is 5.62. The average molecular weight is 579 g/mol. The number of methoxy groups -OCH3 is 1. The van der Waals surface area contributed by atoms with Crippen molar-refractivity contribution in [3.05, 3.63) is 94.5 Å². The van der Waals surface area contributed by atoms with E-state index in [1.807, 2.05) is 48.5 Å². The largest absolute Gasteiger partial charge is 0.497 e. The monoisotopic (exact) mass is 578 g/mol. The number of ether oxygens (including phenoxy) is 1. The second kappa shape index (κ2) is 11.4. The van der Waals surface area contributed by atoms with Gasteiger partial charge < -0.3 is 14.5 Å². The maximum absolute atomic E-state index is 13.8. The predicted molar refractivity (Wildman–Crippen MR) is 157 cm³/mol. The Balaban J connectivity index is 1.68. The number of thioether (sulfide) groups is 1. The van der Waals surface area contributed by atoms with Gasteiger partial charge in [-0.05, 0) is 48.0 Å². The molecule has 0 bridgehead atoms. The highest BCUT2D eigenvalue weighted by Crippen LogP contribution is 2.49. The summed E-state index contributed by atoms with van der Waals surface area (Å²) in [6.07, 6.45) is 1.56. The van der Waals surface area contributed by atoms with Crippen LogP contribution in [0.5, 0.6) is 5.75 Å². The van der Waals surface area contributed by atoms with Crippen LogP contribution in [0, 0.1) is 0 Å². The molecule has 2 aromatic heterocycles. The van der Waals surface area contributed by atoms with Crippen LogP contribution in [0.15, 0.2) is 71.3 Å². The van der Waals surface area contributed by atoms with Gasteiger partial charge in [-0.15, -0.1) is 11.8 Å². The number of aromatic nitrogens is 2. The zero-order valence-corrected chi connectivity index (χ0v) is 24.4. The summed E-state index contributed by atoms with van der Waals surface area (Å²) in [5, 5.41) is 8.30. The van der Waals surface area contributed by atoms with Gasteiger partial charge in [0.15, 0.2) is 0 Å². The molecule has 208 valence electrons. The van der Waals surface area contributed by atoms with E-state index in [1.54, 1.807) is 35.1 Å². The number of nitrogens with zero attached hydrogens (tertiary/aromatic N) is 3. The Morgan fingerprint density at radius 3 is 2.55 bits per heavy atom. The predicted octanol–water partition coefficient (Wildman–Crippen LogP) is 5.91. The first kappa shape index (κ1) is 27.9. The molecule has 1 aliphatic heterocycles. The molecule has 0 aliphatic carbocycles. The number of furan rings is 1. The van der Waals surface area contributed by atoms with E-state index in [0.717, 1.165) is 22.5 Å². The maximum Gasteiger partial charge on any atom is 0.240 e. The molecule has 3 heterocycles. The highest BCUT2D eigenvalue weighted by Gasteiger charge is 2.40. The van der Waals surface area contributed by atoms with Crippen LogP contribution in [0.1, 0.15) is 48.6 Å². The van der Waals surface area contributed by atoms with Crippen molar-refractivity contribution < 1.29 is 18.7 Å². The van der Waals surface area contributed by atoms with E-state index in [-0.39, 0.29) is 41.3 Å². The van der Waals surface area contributed by atoms with Gasteiger partial charge in [0.25, 0.3) is 0 Å². The smallest absolute Gasteiger partial charge is 0.240 e. The second-order valence-corrected chi connectivity index (χ2v) is 12.0. The van der Waals surface area contributed by atoms with Gasteiger partial charge >= 0.3 is 0 Å². The van der Waals surface area contributed by atoms with Crippen LogP contribution in [0.2, 0.25) is 5.02 Å². The summed E-state index contributed by atoms with van der Waals surface area (Å²) < 4.78 is 12.5. The fourth-order valence-electron chi connectivity index (χ4n) is 4.71. The van der Waals surface area contributed by atoms with E-state index in [9.17, 15) is 9.59 Å². The van der Waals surface area contributed by atoms with Crippen molar-refractivity contribution in [1.29, 1.82) is 0 Å². The molecule has 0 radical (unpaired) electrons. The minimum absolute atomic E-state index is 0.169. The number of halogens is 1. The average Bonchev–Trinajstić information content (AvgIpc) is 3.57. The van der Waals surface area contributed by atoms with Crippen LogP contribution in [0.25, 0.3) is 5.69 Å². The van der Waals surface area contributed by atoms with Crippen molar-refractivity contribution in [3.8, 4) is 11.4 Å². The van der Waals surface area contributed by atoms with Crippen LogP contribution >= 0.6 is 23.4 Å². The van der Waals surface area contributed by atoms with Gasteiger partial charge in [-0.1, -0.05) is 50.6 Å². The zero-order valence-electron chi connectivity index (χ0n) is 22.8. The normalized spacial score (nSPS) is 15.5. The van der Waals surface area contributed by atoms with E-state index >= 15 is 0 Å². The summed E-state index contributed by atoms with van der Waals surface area (Å²) >= 11 is 8.22. The number of fused-ring (bicyclic) bond motifs is 1. The highest BCUT2D eigenvalue weighted by molar-refractivity contribution is 8.00. The summed E-state index contributed by atoms with van der Waals surface area (Å²) in [7, 11) is 1.61. The molecule has 0 unspecified atom stereocenters.